The van der Waals surface area contributed by atoms with E-state index in [2.05, 4.69) is 5.32 Å². The van der Waals surface area contributed by atoms with Crippen LogP contribution in [-0.2, 0) is 17.8 Å². The number of carboxylic acid groups (broad SMARTS) is 1. The summed E-state index contributed by atoms with van der Waals surface area (Å²) >= 11 is 0. The molecule has 0 saturated carbocycles. The summed E-state index contributed by atoms with van der Waals surface area (Å²) in [6, 6.07) is 27.0. The van der Waals surface area contributed by atoms with Gasteiger partial charge in [-0.3, -0.25) is 14.4 Å². The molecule has 0 spiro atoms. The molecule has 0 unspecified atom stereocenters. The minimum atomic E-state index is -1.01. The van der Waals surface area contributed by atoms with Crippen molar-refractivity contribution in [1.29, 1.82) is 0 Å². The van der Waals surface area contributed by atoms with Crippen LogP contribution in [0.25, 0.3) is 11.1 Å². The van der Waals surface area contributed by atoms with Gasteiger partial charge in [0.25, 0.3) is 11.8 Å². The van der Waals surface area contributed by atoms with Crippen molar-refractivity contribution in [3.63, 3.8) is 0 Å². The maximum Gasteiger partial charge on any atom is 0.305 e. The molecule has 0 aliphatic carbocycles. The van der Waals surface area contributed by atoms with E-state index in [4.69, 9.17) is 14.2 Å². The van der Waals surface area contributed by atoms with Crippen molar-refractivity contribution in [2.24, 2.45) is 0 Å². The summed E-state index contributed by atoms with van der Waals surface area (Å²) in [7, 11) is 4.74. The SMILES string of the molecule is COc1ccc(CNC(=O)c2ccccc2-c2ccccc2C(=O)N(CCC(=O)O)CCc2cc(OC)ccc2OC)cc1. The Balaban J connectivity index is 1.61. The third-order valence-electron chi connectivity index (χ3n) is 7.25. The summed E-state index contributed by atoms with van der Waals surface area (Å²) < 4.78 is 16.0. The zero-order valence-corrected chi connectivity index (χ0v) is 25.0. The summed E-state index contributed by atoms with van der Waals surface area (Å²) in [4.78, 5) is 40.5. The molecule has 4 rings (SSSR count). The normalized spacial score (nSPS) is 10.5. The van der Waals surface area contributed by atoms with Gasteiger partial charge in [-0.2, -0.15) is 0 Å². The van der Waals surface area contributed by atoms with Crippen molar-refractivity contribution >= 4 is 17.8 Å². The van der Waals surface area contributed by atoms with Gasteiger partial charge in [0.15, 0.2) is 0 Å². The minimum Gasteiger partial charge on any atom is -0.497 e. The molecular weight excluding hydrogens is 560 g/mol. The molecule has 4 aromatic rings. The van der Waals surface area contributed by atoms with Gasteiger partial charge in [0.1, 0.15) is 17.2 Å². The monoisotopic (exact) mass is 596 g/mol. The zero-order chi connectivity index (χ0) is 31.5. The molecule has 0 aliphatic heterocycles. The van der Waals surface area contributed by atoms with Gasteiger partial charge < -0.3 is 29.5 Å². The van der Waals surface area contributed by atoms with Crippen LogP contribution in [0.3, 0.4) is 0 Å². The summed E-state index contributed by atoms with van der Waals surface area (Å²) in [6.45, 7) is 0.571. The second-order valence-electron chi connectivity index (χ2n) is 9.99. The molecule has 0 aliphatic rings. The van der Waals surface area contributed by atoms with Crippen LogP contribution in [0.4, 0.5) is 0 Å². The lowest BCUT2D eigenvalue weighted by Crippen LogP contribution is -2.35. The number of aliphatic carboxylic acids is 1. The minimum absolute atomic E-state index is 0.0127. The lowest BCUT2D eigenvalue weighted by Gasteiger charge is -2.24. The fourth-order valence-electron chi connectivity index (χ4n) is 4.89. The number of carbonyl (C=O) groups is 3. The van der Waals surface area contributed by atoms with Crippen molar-refractivity contribution in [3.05, 3.63) is 113 Å². The van der Waals surface area contributed by atoms with E-state index in [1.165, 1.54) is 4.90 Å². The van der Waals surface area contributed by atoms with Gasteiger partial charge in [-0.25, -0.2) is 0 Å². The number of nitrogens with one attached hydrogen (secondary N) is 1. The molecular formula is C35H36N2O7. The maximum absolute atomic E-state index is 14.1. The van der Waals surface area contributed by atoms with Crippen molar-refractivity contribution < 1.29 is 33.7 Å². The van der Waals surface area contributed by atoms with Crippen molar-refractivity contribution in [1.82, 2.24) is 10.2 Å². The van der Waals surface area contributed by atoms with Crippen LogP contribution >= 0.6 is 0 Å². The Morgan fingerprint density at radius 2 is 1.34 bits per heavy atom. The first-order valence-electron chi connectivity index (χ1n) is 14.2. The molecule has 0 atom stereocenters. The quantitative estimate of drug-likeness (QED) is 0.198. The Kier molecular flexibility index (Phi) is 11.0. The van der Waals surface area contributed by atoms with Gasteiger partial charge in [0, 0.05) is 30.8 Å². The number of carbonyl (C=O) groups excluding carboxylic acids is 2. The van der Waals surface area contributed by atoms with Gasteiger partial charge in [-0.05, 0) is 71.1 Å². The lowest BCUT2D eigenvalue weighted by molar-refractivity contribution is -0.137. The highest BCUT2D eigenvalue weighted by Gasteiger charge is 2.23. The number of benzene rings is 4. The van der Waals surface area contributed by atoms with E-state index in [0.29, 0.717) is 46.7 Å². The second-order valence-corrected chi connectivity index (χ2v) is 9.99. The second kappa shape index (κ2) is 15.2. The standard InChI is InChI=1S/C35H36N2O7/c1-42-26-14-12-24(13-15-26)23-36-34(40)30-10-6-4-8-28(30)29-9-5-7-11-31(29)35(41)37(21-19-33(38)39)20-18-25-22-27(43-2)16-17-32(25)44-3/h4-17,22H,18-21,23H2,1-3H3,(H,36,40)(H,38,39). The topological polar surface area (TPSA) is 114 Å². The number of nitrogens with zero attached hydrogens (tertiary/aromatic N) is 1. The lowest BCUT2D eigenvalue weighted by atomic mass is 9.94. The first-order valence-corrected chi connectivity index (χ1v) is 14.2. The first-order chi connectivity index (χ1) is 21.3. The Morgan fingerprint density at radius 3 is 1.98 bits per heavy atom. The van der Waals surface area contributed by atoms with Gasteiger partial charge in [0.2, 0.25) is 0 Å². The van der Waals surface area contributed by atoms with E-state index < -0.39 is 5.97 Å². The highest BCUT2D eigenvalue weighted by molar-refractivity contribution is 6.06. The average Bonchev–Trinajstić information content (AvgIpc) is 3.06. The molecule has 2 N–H and O–H groups in total. The van der Waals surface area contributed by atoms with E-state index in [9.17, 15) is 19.5 Å². The number of rotatable bonds is 14. The van der Waals surface area contributed by atoms with Crippen molar-refractivity contribution in [2.45, 2.75) is 19.4 Å². The van der Waals surface area contributed by atoms with Crippen LogP contribution in [-0.4, -0.2) is 62.2 Å². The van der Waals surface area contributed by atoms with Crippen LogP contribution < -0.4 is 19.5 Å². The molecule has 4 aromatic carbocycles. The molecule has 0 bridgehead atoms. The number of ether oxygens (including phenoxy) is 3. The average molecular weight is 597 g/mol. The Hall–Kier alpha value is -5.31. The molecule has 9 nitrogen and oxygen atoms in total. The van der Waals surface area contributed by atoms with E-state index >= 15 is 0 Å². The fourth-order valence-corrected chi connectivity index (χ4v) is 4.89. The molecule has 0 saturated heterocycles. The predicted molar refractivity (Wildman–Crippen MR) is 167 cm³/mol. The van der Waals surface area contributed by atoms with E-state index in [1.54, 1.807) is 75.9 Å². The third kappa shape index (κ3) is 7.95. The summed E-state index contributed by atoms with van der Waals surface area (Å²) in [5.74, 6) is 0.396. The smallest absolute Gasteiger partial charge is 0.305 e. The molecule has 9 heteroatoms. The number of hydrogen-bond donors (Lipinski definition) is 2. The Morgan fingerprint density at radius 1 is 0.727 bits per heavy atom. The van der Waals surface area contributed by atoms with Crippen LogP contribution in [0.1, 0.15) is 38.3 Å². The van der Waals surface area contributed by atoms with Crippen LogP contribution in [0.2, 0.25) is 0 Å². The number of carboxylic acids is 1. The van der Waals surface area contributed by atoms with Crippen LogP contribution in [0.15, 0.2) is 91.0 Å². The Bertz CT molecular complexity index is 1600. The summed E-state index contributed by atoms with van der Waals surface area (Å²) in [5.41, 5.74) is 3.69. The summed E-state index contributed by atoms with van der Waals surface area (Å²) in [6.07, 6.45) is 0.200. The molecule has 2 amide bonds. The highest BCUT2D eigenvalue weighted by atomic mass is 16.5. The molecule has 0 radical (unpaired) electrons. The van der Waals surface area contributed by atoms with Crippen LogP contribution in [0.5, 0.6) is 17.2 Å². The molecule has 0 fully saturated rings. The zero-order valence-electron chi connectivity index (χ0n) is 25.0. The molecule has 0 aromatic heterocycles. The van der Waals surface area contributed by atoms with Crippen molar-refractivity contribution in [2.75, 3.05) is 34.4 Å². The van der Waals surface area contributed by atoms with Crippen LogP contribution in [0, 0.1) is 0 Å². The van der Waals surface area contributed by atoms with Gasteiger partial charge in [-0.15, -0.1) is 0 Å². The first kappa shape index (κ1) is 31.6. The van der Waals surface area contributed by atoms with Gasteiger partial charge in [0.05, 0.1) is 27.8 Å². The molecule has 44 heavy (non-hydrogen) atoms. The van der Waals surface area contributed by atoms with E-state index in [0.717, 1.165) is 16.9 Å². The van der Waals surface area contributed by atoms with Crippen molar-refractivity contribution in [3.8, 4) is 28.4 Å². The number of methoxy groups -OCH3 is 3. The summed E-state index contributed by atoms with van der Waals surface area (Å²) in [5, 5.41) is 12.4. The predicted octanol–water partition coefficient (Wildman–Crippen LogP) is 5.47. The highest BCUT2D eigenvalue weighted by Crippen LogP contribution is 2.29. The third-order valence-corrected chi connectivity index (χ3v) is 7.25. The Labute approximate surface area is 257 Å². The molecule has 228 valence electrons. The maximum atomic E-state index is 14.1. The largest absolute Gasteiger partial charge is 0.497 e. The molecule has 0 heterocycles. The fraction of sp³-hybridized carbons (Fsp3) is 0.229. The number of hydrogen-bond acceptors (Lipinski definition) is 6. The van der Waals surface area contributed by atoms with Gasteiger partial charge in [-0.1, -0.05) is 48.5 Å². The van der Waals surface area contributed by atoms with E-state index in [-0.39, 0.29) is 31.3 Å². The van der Waals surface area contributed by atoms with Gasteiger partial charge >= 0.3 is 5.97 Å². The van der Waals surface area contributed by atoms with E-state index in [1.807, 2.05) is 36.4 Å². The number of amides is 2.